The minimum atomic E-state index is -0.216. The average Bonchev–Trinajstić information content (AvgIpc) is 2.33. The Morgan fingerprint density at radius 3 is 2.75 bits per heavy atom. The predicted octanol–water partition coefficient (Wildman–Crippen LogP) is 1.71. The Balaban J connectivity index is 2.08. The molecular weight excluding hydrogens is 220 g/mol. The molecule has 3 nitrogen and oxygen atoms in total. The molecule has 0 heterocycles. The van der Waals surface area contributed by atoms with Crippen LogP contribution in [0.15, 0.2) is 35.2 Å². The fraction of sp³-hybridized carbons (Fsp3) is 0.250. The Kier molecular flexibility index (Phi) is 5.97. The highest BCUT2D eigenvalue weighted by Gasteiger charge is 1.97. The van der Waals surface area contributed by atoms with Crippen molar-refractivity contribution in [1.29, 1.82) is 0 Å². The van der Waals surface area contributed by atoms with Crippen LogP contribution < -0.4 is 10.6 Å². The first-order valence-electron chi connectivity index (χ1n) is 4.96. The lowest BCUT2D eigenvalue weighted by atomic mass is 10.4. The topological polar surface area (TPSA) is 41.1 Å². The molecule has 1 rings (SSSR count). The summed E-state index contributed by atoms with van der Waals surface area (Å²) in [6, 6.07) is 9.85. The lowest BCUT2D eigenvalue weighted by Crippen LogP contribution is -2.36. The molecular formula is C12H14N2OS. The van der Waals surface area contributed by atoms with Gasteiger partial charge in [-0.05, 0) is 12.1 Å². The second-order valence-corrected chi connectivity index (χ2v) is 4.14. The highest BCUT2D eigenvalue weighted by Crippen LogP contribution is 2.15. The number of hydrogen-bond donors (Lipinski definition) is 2. The van der Waals surface area contributed by atoms with E-state index in [1.807, 2.05) is 30.3 Å². The van der Waals surface area contributed by atoms with Gasteiger partial charge in [-0.2, -0.15) is 0 Å². The van der Waals surface area contributed by atoms with Crippen molar-refractivity contribution < 1.29 is 4.79 Å². The van der Waals surface area contributed by atoms with Gasteiger partial charge in [0.25, 0.3) is 0 Å². The van der Waals surface area contributed by atoms with Gasteiger partial charge < -0.3 is 10.6 Å². The van der Waals surface area contributed by atoms with E-state index in [0.29, 0.717) is 6.54 Å². The smallest absolute Gasteiger partial charge is 0.315 e. The van der Waals surface area contributed by atoms with Gasteiger partial charge in [-0.25, -0.2) is 4.79 Å². The van der Waals surface area contributed by atoms with Crippen LogP contribution in [0.25, 0.3) is 0 Å². The van der Waals surface area contributed by atoms with Gasteiger partial charge in [0, 0.05) is 17.2 Å². The van der Waals surface area contributed by atoms with Crippen LogP contribution in [-0.4, -0.2) is 24.9 Å². The molecule has 0 fully saturated rings. The van der Waals surface area contributed by atoms with Crippen LogP contribution in [0.5, 0.6) is 0 Å². The first kappa shape index (κ1) is 12.5. The number of rotatable bonds is 5. The number of carbonyl (C=O) groups excluding carboxylic acids is 1. The maximum atomic E-state index is 11.1. The van der Waals surface area contributed by atoms with Crippen LogP contribution in [0.3, 0.4) is 0 Å². The van der Waals surface area contributed by atoms with E-state index in [9.17, 15) is 4.79 Å². The number of carbonyl (C=O) groups is 1. The Morgan fingerprint density at radius 1 is 1.31 bits per heavy atom. The molecule has 0 aromatic heterocycles. The second-order valence-electron chi connectivity index (χ2n) is 2.98. The van der Waals surface area contributed by atoms with E-state index in [1.54, 1.807) is 11.8 Å². The summed E-state index contributed by atoms with van der Waals surface area (Å²) >= 11 is 1.70. The third-order valence-corrected chi connectivity index (χ3v) is 2.76. The summed E-state index contributed by atoms with van der Waals surface area (Å²) in [5, 5.41) is 5.26. The van der Waals surface area contributed by atoms with Crippen molar-refractivity contribution in [3.8, 4) is 12.3 Å². The van der Waals surface area contributed by atoms with E-state index >= 15 is 0 Å². The Bertz CT molecular complexity index is 359. The molecule has 1 aromatic rings. The van der Waals surface area contributed by atoms with E-state index < -0.39 is 0 Å². The summed E-state index contributed by atoms with van der Waals surface area (Å²) < 4.78 is 0. The fourth-order valence-corrected chi connectivity index (χ4v) is 1.83. The van der Waals surface area contributed by atoms with Crippen molar-refractivity contribution in [2.75, 3.05) is 18.8 Å². The molecule has 0 unspecified atom stereocenters. The molecule has 16 heavy (non-hydrogen) atoms. The quantitative estimate of drug-likeness (QED) is 0.462. The molecule has 4 heteroatoms. The molecule has 0 aliphatic rings. The zero-order chi connectivity index (χ0) is 11.6. The lowest BCUT2D eigenvalue weighted by Gasteiger charge is -2.05. The minimum Gasteiger partial charge on any atom is -0.337 e. The van der Waals surface area contributed by atoms with Gasteiger partial charge >= 0.3 is 6.03 Å². The summed E-state index contributed by atoms with van der Waals surface area (Å²) in [6.07, 6.45) is 5.01. The predicted molar refractivity (Wildman–Crippen MR) is 67.4 cm³/mol. The van der Waals surface area contributed by atoms with Gasteiger partial charge in [0.05, 0.1) is 6.54 Å². The molecule has 0 saturated heterocycles. The molecule has 0 aliphatic carbocycles. The van der Waals surface area contributed by atoms with Crippen LogP contribution in [0.1, 0.15) is 0 Å². The van der Waals surface area contributed by atoms with Crippen molar-refractivity contribution in [2.45, 2.75) is 4.90 Å². The first-order valence-corrected chi connectivity index (χ1v) is 5.94. The molecule has 1 aromatic carbocycles. The van der Waals surface area contributed by atoms with Crippen LogP contribution >= 0.6 is 11.8 Å². The summed E-state index contributed by atoms with van der Waals surface area (Å²) in [4.78, 5) is 12.3. The summed E-state index contributed by atoms with van der Waals surface area (Å²) in [5.41, 5.74) is 0. The van der Waals surface area contributed by atoms with Crippen molar-refractivity contribution in [2.24, 2.45) is 0 Å². The van der Waals surface area contributed by atoms with Crippen molar-refractivity contribution >= 4 is 17.8 Å². The maximum absolute atomic E-state index is 11.1. The molecule has 2 amide bonds. The average molecular weight is 234 g/mol. The van der Waals surface area contributed by atoms with E-state index in [-0.39, 0.29) is 12.6 Å². The zero-order valence-electron chi connectivity index (χ0n) is 8.90. The molecule has 0 atom stereocenters. The standard InChI is InChI=1S/C12H14N2OS/c1-2-8-13-12(15)14-9-10-16-11-6-4-3-5-7-11/h1,3-7H,8-10H2,(H2,13,14,15). The number of urea groups is 1. The lowest BCUT2D eigenvalue weighted by molar-refractivity contribution is 0.242. The summed E-state index contributed by atoms with van der Waals surface area (Å²) in [5.74, 6) is 3.18. The Hall–Kier alpha value is -1.60. The fourth-order valence-electron chi connectivity index (χ4n) is 1.04. The molecule has 2 N–H and O–H groups in total. The van der Waals surface area contributed by atoms with Gasteiger partial charge in [-0.3, -0.25) is 0 Å². The second kappa shape index (κ2) is 7.66. The molecule has 84 valence electrons. The van der Waals surface area contributed by atoms with Crippen LogP contribution in [-0.2, 0) is 0 Å². The maximum Gasteiger partial charge on any atom is 0.315 e. The minimum absolute atomic E-state index is 0.216. The zero-order valence-corrected chi connectivity index (χ0v) is 9.72. The van der Waals surface area contributed by atoms with Crippen LogP contribution in [0.2, 0.25) is 0 Å². The van der Waals surface area contributed by atoms with Gasteiger partial charge in [0.1, 0.15) is 0 Å². The summed E-state index contributed by atoms with van der Waals surface area (Å²) in [6.45, 7) is 0.883. The Morgan fingerprint density at radius 2 is 2.06 bits per heavy atom. The van der Waals surface area contributed by atoms with Crippen LogP contribution in [0, 0.1) is 12.3 Å². The van der Waals surface area contributed by atoms with Gasteiger partial charge in [0.2, 0.25) is 0 Å². The van der Waals surface area contributed by atoms with E-state index in [0.717, 1.165) is 5.75 Å². The van der Waals surface area contributed by atoms with E-state index in [1.165, 1.54) is 4.90 Å². The number of thioether (sulfide) groups is 1. The van der Waals surface area contributed by atoms with Gasteiger partial charge in [0.15, 0.2) is 0 Å². The van der Waals surface area contributed by atoms with Gasteiger partial charge in [-0.1, -0.05) is 24.1 Å². The molecule has 0 saturated carbocycles. The normalized spacial score (nSPS) is 9.19. The number of nitrogens with one attached hydrogen (secondary N) is 2. The monoisotopic (exact) mass is 234 g/mol. The molecule has 0 aliphatic heterocycles. The number of amides is 2. The molecule has 0 bridgehead atoms. The van der Waals surface area contributed by atoms with Gasteiger partial charge in [-0.15, -0.1) is 18.2 Å². The SMILES string of the molecule is C#CCNC(=O)NCCSc1ccccc1. The number of benzene rings is 1. The van der Waals surface area contributed by atoms with E-state index in [2.05, 4.69) is 16.6 Å². The number of hydrogen-bond acceptors (Lipinski definition) is 2. The third-order valence-electron chi connectivity index (χ3n) is 1.75. The largest absolute Gasteiger partial charge is 0.337 e. The van der Waals surface area contributed by atoms with Crippen molar-refractivity contribution in [3.05, 3.63) is 30.3 Å². The van der Waals surface area contributed by atoms with Crippen molar-refractivity contribution in [1.82, 2.24) is 10.6 Å². The first-order chi connectivity index (χ1) is 7.83. The highest BCUT2D eigenvalue weighted by atomic mass is 32.2. The third kappa shape index (κ3) is 5.32. The van der Waals surface area contributed by atoms with Crippen LogP contribution in [0.4, 0.5) is 4.79 Å². The van der Waals surface area contributed by atoms with E-state index in [4.69, 9.17) is 6.42 Å². The number of terminal acetylenes is 1. The molecule has 0 radical (unpaired) electrons. The Labute approximate surface area is 100 Å². The highest BCUT2D eigenvalue weighted by molar-refractivity contribution is 7.99. The molecule has 0 spiro atoms. The van der Waals surface area contributed by atoms with Crippen molar-refractivity contribution in [3.63, 3.8) is 0 Å². The summed E-state index contributed by atoms with van der Waals surface area (Å²) in [7, 11) is 0.